The average molecular weight is 453 g/mol. The molecule has 4 nitrogen and oxygen atoms in total. The van der Waals surface area contributed by atoms with Gasteiger partial charge in [0.05, 0.1) is 5.69 Å². The Bertz CT molecular complexity index is 1100. The molecule has 2 atom stereocenters. The second-order valence-corrected chi connectivity index (χ2v) is 9.45. The number of hydrogen-bond acceptors (Lipinski definition) is 3. The maximum atomic E-state index is 6.30. The largest absolute Gasteiger partial charge is 0.301 e. The summed E-state index contributed by atoms with van der Waals surface area (Å²) in [6.07, 6.45) is 12.8. The van der Waals surface area contributed by atoms with Gasteiger partial charge in [-0.25, -0.2) is 4.98 Å². The smallest absolute Gasteiger partial charge is 0.166 e. The summed E-state index contributed by atoms with van der Waals surface area (Å²) in [4.78, 5) is 11.3. The van der Waals surface area contributed by atoms with E-state index >= 15 is 0 Å². The highest BCUT2D eigenvalue weighted by Crippen LogP contribution is 2.39. The first kappa shape index (κ1) is 20.7. The summed E-state index contributed by atoms with van der Waals surface area (Å²) >= 11 is 12.3. The van der Waals surface area contributed by atoms with E-state index < -0.39 is 0 Å². The first-order chi connectivity index (χ1) is 15.1. The van der Waals surface area contributed by atoms with Gasteiger partial charge in [0.25, 0.3) is 0 Å². The third kappa shape index (κ3) is 3.93. The molecule has 0 amide bonds. The van der Waals surface area contributed by atoms with Crippen LogP contribution in [-0.4, -0.2) is 38.6 Å². The number of benzene rings is 1. The van der Waals surface area contributed by atoms with Crippen molar-refractivity contribution in [2.75, 3.05) is 13.1 Å². The van der Waals surface area contributed by atoms with Gasteiger partial charge in [0, 0.05) is 23.3 Å². The first-order valence-corrected chi connectivity index (χ1v) is 11.7. The van der Waals surface area contributed by atoms with E-state index in [4.69, 9.17) is 23.2 Å². The van der Waals surface area contributed by atoms with Gasteiger partial charge in [-0.1, -0.05) is 47.5 Å². The minimum Gasteiger partial charge on any atom is -0.301 e. The van der Waals surface area contributed by atoms with Gasteiger partial charge >= 0.3 is 0 Å². The number of likely N-dealkylation sites (tertiary alicyclic amines) is 1. The van der Waals surface area contributed by atoms with Gasteiger partial charge in [0.15, 0.2) is 10.3 Å². The monoisotopic (exact) mass is 452 g/mol. The third-order valence-corrected chi connectivity index (χ3v) is 7.65. The van der Waals surface area contributed by atoms with Crippen molar-refractivity contribution in [2.24, 2.45) is 0 Å². The van der Waals surface area contributed by atoms with Gasteiger partial charge in [-0.3, -0.25) is 9.55 Å². The van der Waals surface area contributed by atoms with E-state index in [1.54, 1.807) is 6.33 Å². The number of halogens is 2. The summed E-state index contributed by atoms with van der Waals surface area (Å²) < 4.78 is 1.81. The Kier molecular flexibility index (Phi) is 5.63. The van der Waals surface area contributed by atoms with Gasteiger partial charge in [-0.15, -0.1) is 0 Å². The molecule has 2 aromatic heterocycles. The number of rotatable bonds is 5. The SMILES string of the molecule is C[C@@H]1CCCN1CCC1(c2ccc(-n3cnc(Cl)c3Cl)cc2)C=Cc2ncccc2C1. The molecule has 6 heteroatoms. The Balaban J connectivity index is 1.48. The van der Waals surface area contributed by atoms with Crippen molar-refractivity contribution in [1.82, 2.24) is 19.4 Å². The summed E-state index contributed by atoms with van der Waals surface area (Å²) in [5.41, 5.74) is 4.62. The molecule has 2 aliphatic rings. The number of nitrogens with zero attached hydrogens (tertiary/aromatic N) is 4. The van der Waals surface area contributed by atoms with Crippen molar-refractivity contribution in [1.29, 1.82) is 0 Å². The summed E-state index contributed by atoms with van der Waals surface area (Å²) in [7, 11) is 0. The lowest BCUT2D eigenvalue weighted by molar-refractivity contribution is 0.244. The number of allylic oxidation sites excluding steroid dienone is 1. The molecule has 1 aliphatic heterocycles. The second kappa shape index (κ2) is 8.42. The van der Waals surface area contributed by atoms with Crippen molar-refractivity contribution < 1.29 is 0 Å². The number of imidazole rings is 1. The Morgan fingerprint density at radius 1 is 1.13 bits per heavy atom. The van der Waals surface area contributed by atoms with Crippen LogP contribution in [0, 0.1) is 0 Å². The van der Waals surface area contributed by atoms with Crippen LogP contribution in [0.1, 0.15) is 43.0 Å². The molecule has 31 heavy (non-hydrogen) atoms. The molecule has 5 rings (SSSR count). The lowest BCUT2D eigenvalue weighted by Gasteiger charge is -2.37. The fraction of sp³-hybridized carbons (Fsp3) is 0.360. The van der Waals surface area contributed by atoms with E-state index in [1.165, 1.54) is 30.5 Å². The van der Waals surface area contributed by atoms with Crippen molar-refractivity contribution in [3.63, 3.8) is 0 Å². The topological polar surface area (TPSA) is 34.0 Å². The Hall–Kier alpha value is -2.14. The molecule has 0 radical (unpaired) electrons. The van der Waals surface area contributed by atoms with Gasteiger partial charge in [-0.2, -0.15) is 0 Å². The second-order valence-electron chi connectivity index (χ2n) is 8.73. The minimum absolute atomic E-state index is 0.0484. The van der Waals surface area contributed by atoms with Crippen LogP contribution in [0.4, 0.5) is 0 Å². The van der Waals surface area contributed by atoms with Crippen molar-refractivity contribution in [2.45, 2.75) is 44.1 Å². The highest BCUT2D eigenvalue weighted by atomic mass is 35.5. The van der Waals surface area contributed by atoms with Crippen molar-refractivity contribution in [3.05, 3.63) is 82.1 Å². The van der Waals surface area contributed by atoms with E-state index in [0.717, 1.165) is 30.8 Å². The molecule has 0 bridgehead atoms. The highest BCUT2D eigenvalue weighted by molar-refractivity contribution is 6.40. The van der Waals surface area contributed by atoms with Crippen LogP contribution in [-0.2, 0) is 11.8 Å². The van der Waals surface area contributed by atoms with Crippen LogP contribution in [0.2, 0.25) is 10.3 Å². The predicted octanol–water partition coefficient (Wildman–Crippen LogP) is 5.96. The molecule has 0 N–H and O–H groups in total. The van der Waals surface area contributed by atoms with Crippen LogP contribution in [0.5, 0.6) is 0 Å². The van der Waals surface area contributed by atoms with E-state index in [0.29, 0.717) is 16.3 Å². The van der Waals surface area contributed by atoms with Gasteiger partial charge in [0.2, 0.25) is 0 Å². The molecular weight excluding hydrogens is 427 g/mol. The van der Waals surface area contributed by atoms with Crippen LogP contribution < -0.4 is 0 Å². The molecule has 0 spiro atoms. The summed E-state index contributed by atoms with van der Waals surface area (Å²) in [6, 6.07) is 13.6. The van der Waals surface area contributed by atoms with E-state index in [1.807, 2.05) is 16.8 Å². The molecular formula is C25H26Cl2N4. The maximum absolute atomic E-state index is 6.30. The molecule has 1 fully saturated rings. The van der Waals surface area contributed by atoms with Crippen LogP contribution >= 0.6 is 23.2 Å². The fourth-order valence-corrected chi connectivity index (χ4v) is 5.34. The minimum atomic E-state index is -0.0484. The van der Waals surface area contributed by atoms with Gasteiger partial charge < -0.3 is 4.90 Å². The molecule has 3 aromatic rings. The van der Waals surface area contributed by atoms with E-state index in [2.05, 4.69) is 64.3 Å². The maximum Gasteiger partial charge on any atom is 0.166 e. The fourth-order valence-electron chi connectivity index (χ4n) is 5.02. The number of hydrogen-bond donors (Lipinski definition) is 0. The quantitative estimate of drug-likeness (QED) is 0.478. The lowest BCUT2D eigenvalue weighted by atomic mass is 9.70. The zero-order valence-electron chi connectivity index (χ0n) is 17.6. The number of fused-ring (bicyclic) bond motifs is 1. The number of aromatic nitrogens is 3. The number of pyridine rings is 1. The summed E-state index contributed by atoms with van der Waals surface area (Å²) in [5, 5.41) is 0.756. The zero-order valence-corrected chi connectivity index (χ0v) is 19.2. The molecule has 1 saturated heterocycles. The van der Waals surface area contributed by atoms with Gasteiger partial charge in [0.1, 0.15) is 6.33 Å². The average Bonchev–Trinajstić information content (AvgIpc) is 3.37. The normalized spacial score (nSPS) is 23.3. The highest BCUT2D eigenvalue weighted by Gasteiger charge is 2.34. The summed E-state index contributed by atoms with van der Waals surface area (Å²) in [6.45, 7) is 4.66. The molecule has 1 aliphatic carbocycles. The summed E-state index contributed by atoms with van der Waals surface area (Å²) in [5.74, 6) is 0. The van der Waals surface area contributed by atoms with Crippen LogP contribution in [0.15, 0.2) is 55.0 Å². The molecule has 1 unspecified atom stereocenters. The first-order valence-electron chi connectivity index (χ1n) is 10.9. The van der Waals surface area contributed by atoms with Crippen molar-refractivity contribution >= 4 is 29.3 Å². The lowest BCUT2D eigenvalue weighted by Crippen LogP contribution is -2.36. The Morgan fingerprint density at radius 2 is 1.97 bits per heavy atom. The Labute approximate surface area is 193 Å². The molecule has 0 saturated carbocycles. The van der Waals surface area contributed by atoms with E-state index in [-0.39, 0.29) is 5.41 Å². The van der Waals surface area contributed by atoms with Crippen LogP contribution in [0.3, 0.4) is 0 Å². The molecule has 3 heterocycles. The predicted molar refractivity (Wildman–Crippen MR) is 127 cm³/mol. The molecule has 1 aromatic carbocycles. The zero-order chi connectivity index (χ0) is 21.4. The van der Waals surface area contributed by atoms with E-state index in [9.17, 15) is 0 Å². The third-order valence-electron chi connectivity index (χ3n) is 6.92. The molecule has 160 valence electrons. The van der Waals surface area contributed by atoms with Gasteiger partial charge in [-0.05, 0) is 81.1 Å². The van der Waals surface area contributed by atoms with Crippen molar-refractivity contribution in [3.8, 4) is 5.69 Å². The van der Waals surface area contributed by atoms with Crippen LogP contribution in [0.25, 0.3) is 11.8 Å². The standard InChI is InChI=1S/C25H26Cl2N4/c1-18-4-3-14-30(18)15-12-25(11-10-22-19(16-25)5-2-13-28-22)20-6-8-21(9-7-20)31-17-29-23(26)24(31)27/h2,5-11,13,17-18H,3-4,12,14-16H2,1H3/t18-,25?/m1/s1. The Morgan fingerprint density at radius 3 is 2.68 bits per heavy atom.